The Hall–Kier alpha value is 0.1000. The zero-order valence-corrected chi connectivity index (χ0v) is 12.6. The fourth-order valence-corrected chi connectivity index (χ4v) is 6.25. The molecule has 2 rings (SSSR count). The van der Waals surface area contributed by atoms with Gasteiger partial charge in [-0.1, -0.05) is 35.4 Å². The minimum atomic E-state index is 1.14. The van der Waals surface area contributed by atoms with Crippen molar-refractivity contribution in [3.63, 3.8) is 0 Å². The molecule has 0 bridgehead atoms. The van der Waals surface area contributed by atoms with E-state index in [0.29, 0.717) is 0 Å². The third kappa shape index (κ3) is 2.86. The van der Waals surface area contributed by atoms with Gasteiger partial charge < -0.3 is 0 Å². The molecule has 0 radical (unpaired) electrons. The molecule has 86 valence electrons. The van der Waals surface area contributed by atoms with Gasteiger partial charge in [0.05, 0.1) is 0 Å². The van der Waals surface area contributed by atoms with Crippen molar-refractivity contribution in [1.82, 2.24) is 0 Å². The lowest BCUT2D eigenvalue weighted by atomic mass is 10.4. The predicted octanol–water partition coefficient (Wildman–Crippen LogP) is 5.73. The minimum absolute atomic E-state index is 1.14. The van der Waals surface area contributed by atoms with Gasteiger partial charge in [-0.15, -0.1) is 22.7 Å². The van der Waals surface area contributed by atoms with Crippen LogP contribution in [0.2, 0.25) is 0 Å². The zero-order chi connectivity index (χ0) is 11.4. The molecular formula is C12H14S4. The van der Waals surface area contributed by atoms with E-state index >= 15 is 0 Å². The maximum atomic E-state index is 2.24. The number of rotatable bonds is 5. The highest BCUT2D eigenvalue weighted by molar-refractivity contribution is 8.76. The molecule has 0 atom stereocenters. The van der Waals surface area contributed by atoms with Crippen molar-refractivity contribution < 1.29 is 0 Å². The highest BCUT2D eigenvalue weighted by Gasteiger charge is 2.07. The van der Waals surface area contributed by atoms with E-state index in [0.717, 1.165) is 12.8 Å². The van der Waals surface area contributed by atoms with Gasteiger partial charge in [-0.2, -0.15) is 0 Å². The van der Waals surface area contributed by atoms with Gasteiger partial charge in [0.25, 0.3) is 0 Å². The molecule has 0 aliphatic heterocycles. The molecule has 0 unspecified atom stereocenters. The van der Waals surface area contributed by atoms with Crippen molar-refractivity contribution in [1.29, 1.82) is 0 Å². The Balaban J connectivity index is 2.02. The average Bonchev–Trinajstić information content (AvgIpc) is 2.94. The quantitative estimate of drug-likeness (QED) is 0.643. The smallest absolute Gasteiger partial charge is 0.0325 e. The Bertz CT molecular complexity index is 399. The van der Waals surface area contributed by atoms with Gasteiger partial charge in [-0.25, -0.2) is 0 Å². The van der Waals surface area contributed by atoms with Crippen LogP contribution in [0.5, 0.6) is 0 Å². The first-order chi connectivity index (χ1) is 7.85. The van der Waals surface area contributed by atoms with E-state index in [1.807, 2.05) is 44.3 Å². The number of hydrogen-bond acceptors (Lipinski definition) is 4. The van der Waals surface area contributed by atoms with Crippen molar-refractivity contribution in [3.8, 4) is 0 Å². The molecule has 0 N–H and O–H groups in total. The molecule has 0 aromatic carbocycles. The molecule has 2 heterocycles. The van der Waals surface area contributed by atoms with Crippen LogP contribution in [0, 0.1) is 0 Å². The first-order valence-corrected chi connectivity index (χ1v) is 9.23. The summed E-state index contributed by atoms with van der Waals surface area (Å²) in [7, 11) is 3.80. The zero-order valence-electron chi connectivity index (χ0n) is 9.36. The summed E-state index contributed by atoms with van der Waals surface area (Å²) in [6.45, 7) is 4.45. The normalized spacial score (nSPS) is 10.9. The fraction of sp³-hybridized carbons (Fsp3) is 0.333. The molecule has 0 nitrogen and oxygen atoms in total. The van der Waals surface area contributed by atoms with Crippen LogP contribution in [0.1, 0.15) is 23.6 Å². The standard InChI is InChI=1S/C12H14S4/c1-3-9-11(5-7-13-9)15-16-12-6-8-14-10(12)4-2/h5-8H,3-4H2,1-2H3. The van der Waals surface area contributed by atoms with Gasteiger partial charge in [0, 0.05) is 19.5 Å². The Labute approximate surface area is 113 Å². The third-order valence-corrected chi connectivity index (χ3v) is 7.20. The van der Waals surface area contributed by atoms with E-state index in [-0.39, 0.29) is 0 Å². The van der Waals surface area contributed by atoms with Gasteiger partial charge in [0.15, 0.2) is 0 Å². The first-order valence-electron chi connectivity index (χ1n) is 5.32. The van der Waals surface area contributed by atoms with Crippen molar-refractivity contribution in [2.45, 2.75) is 36.5 Å². The number of aryl methyl sites for hydroxylation is 2. The largest absolute Gasteiger partial charge is 0.148 e. The summed E-state index contributed by atoms with van der Waals surface area (Å²) in [5.41, 5.74) is 0. The maximum Gasteiger partial charge on any atom is 0.0325 e. The predicted molar refractivity (Wildman–Crippen MR) is 79.1 cm³/mol. The van der Waals surface area contributed by atoms with Crippen LogP contribution >= 0.6 is 44.3 Å². The van der Waals surface area contributed by atoms with Crippen LogP contribution in [0.3, 0.4) is 0 Å². The molecule has 0 fully saturated rings. The molecule has 0 aliphatic carbocycles. The summed E-state index contributed by atoms with van der Waals surface area (Å²) in [6.07, 6.45) is 2.29. The second kappa shape index (κ2) is 6.15. The molecular weight excluding hydrogens is 272 g/mol. The second-order valence-electron chi connectivity index (χ2n) is 3.29. The summed E-state index contributed by atoms with van der Waals surface area (Å²) in [4.78, 5) is 5.88. The lowest BCUT2D eigenvalue weighted by Gasteiger charge is -2.01. The third-order valence-electron chi connectivity index (χ3n) is 2.27. The maximum absolute atomic E-state index is 2.24. The molecule has 0 aliphatic rings. The van der Waals surface area contributed by atoms with Gasteiger partial charge >= 0.3 is 0 Å². The lowest BCUT2D eigenvalue weighted by molar-refractivity contribution is 1.14. The van der Waals surface area contributed by atoms with Gasteiger partial charge in [0.1, 0.15) is 0 Å². The summed E-state index contributed by atoms with van der Waals surface area (Å²) in [5.74, 6) is 0. The summed E-state index contributed by atoms with van der Waals surface area (Å²) in [6, 6.07) is 4.47. The van der Waals surface area contributed by atoms with E-state index < -0.39 is 0 Å². The van der Waals surface area contributed by atoms with Crippen LogP contribution in [-0.2, 0) is 12.8 Å². The molecule has 16 heavy (non-hydrogen) atoms. The van der Waals surface area contributed by atoms with E-state index in [4.69, 9.17) is 0 Å². The topological polar surface area (TPSA) is 0 Å². The van der Waals surface area contributed by atoms with E-state index in [2.05, 4.69) is 36.7 Å². The van der Waals surface area contributed by atoms with Crippen LogP contribution < -0.4 is 0 Å². The second-order valence-corrected chi connectivity index (χ2v) is 7.50. The molecule has 0 amide bonds. The van der Waals surface area contributed by atoms with E-state index in [9.17, 15) is 0 Å². The Morgan fingerprint density at radius 3 is 1.69 bits per heavy atom. The molecule has 4 heteroatoms. The molecule has 2 aromatic heterocycles. The first kappa shape index (κ1) is 12.6. The minimum Gasteiger partial charge on any atom is -0.148 e. The van der Waals surface area contributed by atoms with Crippen LogP contribution in [0.15, 0.2) is 32.7 Å². The Morgan fingerprint density at radius 2 is 1.31 bits per heavy atom. The molecule has 0 saturated heterocycles. The van der Waals surface area contributed by atoms with Crippen molar-refractivity contribution in [3.05, 3.63) is 32.6 Å². The number of thiophene rings is 2. The lowest BCUT2D eigenvalue weighted by Crippen LogP contribution is -1.75. The van der Waals surface area contributed by atoms with Gasteiger partial charge in [-0.3, -0.25) is 0 Å². The monoisotopic (exact) mass is 286 g/mol. The van der Waals surface area contributed by atoms with Crippen LogP contribution in [-0.4, -0.2) is 0 Å². The van der Waals surface area contributed by atoms with E-state index in [1.54, 1.807) is 0 Å². The molecule has 0 spiro atoms. The van der Waals surface area contributed by atoms with Crippen molar-refractivity contribution in [2.24, 2.45) is 0 Å². The SMILES string of the molecule is CCc1sccc1SSc1ccsc1CC. The van der Waals surface area contributed by atoms with Crippen LogP contribution in [0.4, 0.5) is 0 Å². The summed E-state index contributed by atoms with van der Waals surface area (Å²) in [5, 5.41) is 4.38. The number of hydrogen-bond donors (Lipinski definition) is 0. The van der Waals surface area contributed by atoms with Gasteiger partial charge in [0.2, 0.25) is 0 Å². The van der Waals surface area contributed by atoms with Crippen molar-refractivity contribution >= 4 is 44.3 Å². The Morgan fingerprint density at radius 1 is 0.875 bits per heavy atom. The highest BCUT2D eigenvalue weighted by Crippen LogP contribution is 2.43. The average molecular weight is 287 g/mol. The molecule has 2 aromatic rings. The highest BCUT2D eigenvalue weighted by atomic mass is 33.1. The summed E-state index contributed by atoms with van der Waals surface area (Å²) < 4.78 is 0. The van der Waals surface area contributed by atoms with Crippen molar-refractivity contribution in [2.75, 3.05) is 0 Å². The Kier molecular flexibility index (Phi) is 4.82. The van der Waals surface area contributed by atoms with Crippen LogP contribution in [0.25, 0.3) is 0 Å². The fourth-order valence-electron chi connectivity index (χ4n) is 1.41. The summed E-state index contributed by atoms with van der Waals surface area (Å²) >= 11 is 3.73. The van der Waals surface area contributed by atoms with Gasteiger partial charge in [-0.05, 0) is 35.7 Å². The van der Waals surface area contributed by atoms with E-state index in [1.165, 1.54) is 19.5 Å². The molecule has 0 saturated carbocycles.